The van der Waals surface area contributed by atoms with Crippen molar-refractivity contribution in [1.29, 1.82) is 0 Å². The Morgan fingerprint density at radius 1 is 0.893 bits per heavy atom. The number of amides is 1. The first-order chi connectivity index (χ1) is 13.4. The predicted octanol–water partition coefficient (Wildman–Crippen LogP) is 3.88. The third-order valence-corrected chi connectivity index (χ3v) is 5.09. The van der Waals surface area contributed by atoms with Gasteiger partial charge >= 0.3 is 5.97 Å². The van der Waals surface area contributed by atoms with Gasteiger partial charge in [0, 0.05) is 21.7 Å². The van der Waals surface area contributed by atoms with Crippen molar-refractivity contribution in [2.24, 2.45) is 5.73 Å². The Morgan fingerprint density at radius 3 is 2.21 bits per heavy atom. The zero-order valence-electron chi connectivity index (χ0n) is 14.6. The standard InChI is InChI=1S/C21H16ClN3O3/c22-16-10-12(19(23)26)6-8-15(16)21(14-4-2-1-3-5-14)24-17-9-7-13(20(27)28)11-18(17)25-21/h1-11,24-25H,(H2,23,26)(H,27,28). The fourth-order valence-electron chi connectivity index (χ4n) is 3.42. The highest BCUT2D eigenvalue weighted by atomic mass is 35.5. The van der Waals surface area contributed by atoms with Gasteiger partial charge in [0.25, 0.3) is 0 Å². The number of primary amides is 1. The van der Waals surface area contributed by atoms with Crippen molar-refractivity contribution >= 4 is 34.9 Å². The van der Waals surface area contributed by atoms with Crippen LogP contribution in [0.25, 0.3) is 0 Å². The van der Waals surface area contributed by atoms with Crippen molar-refractivity contribution in [3.8, 4) is 0 Å². The minimum atomic E-state index is -1.01. The summed E-state index contributed by atoms with van der Waals surface area (Å²) in [6, 6.07) is 19.3. The van der Waals surface area contributed by atoms with Gasteiger partial charge in [-0.3, -0.25) is 4.79 Å². The number of carboxylic acids is 1. The minimum absolute atomic E-state index is 0.173. The third-order valence-electron chi connectivity index (χ3n) is 4.78. The maximum absolute atomic E-state index is 11.5. The first kappa shape index (κ1) is 17.9. The summed E-state index contributed by atoms with van der Waals surface area (Å²) in [5.41, 5.74) is 7.83. The van der Waals surface area contributed by atoms with Crippen LogP contribution in [0.3, 0.4) is 0 Å². The van der Waals surface area contributed by atoms with Crippen molar-refractivity contribution in [3.05, 3.63) is 94.0 Å². The van der Waals surface area contributed by atoms with Gasteiger partial charge in [-0.2, -0.15) is 0 Å². The number of hydrogen-bond donors (Lipinski definition) is 4. The van der Waals surface area contributed by atoms with Crippen LogP contribution in [0, 0.1) is 0 Å². The van der Waals surface area contributed by atoms with Crippen LogP contribution in [0.4, 0.5) is 11.4 Å². The Balaban J connectivity index is 1.89. The van der Waals surface area contributed by atoms with Crippen LogP contribution in [-0.2, 0) is 5.66 Å². The van der Waals surface area contributed by atoms with E-state index in [2.05, 4.69) is 10.6 Å². The van der Waals surface area contributed by atoms with E-state index in [0.29, 0.717) is 21.8 Å². The van der Waals surface area contributed by atoms with E-state index < -0.39 is 17.5 Å². The molecule has 5 N–H and O–H groups in total. The molecule has 7 heteroatoms. The molecule has 3 aromatic rings. The summed E-state index contributed by atoms with van der Waals surface area (Å²) in [5, 5.41) is 16.5. The molecule has 1 aliphatic heterocycles. The first-order valence-corrected chi connectivity index (χ1v) is 8.87. The molecular formula is C21H16ClN3O3. The van der Waals surface area contributed by atoms with Crippen LogP contribution in [0.2, 0.25) is 5.02 Å². The van der Waals surface area contributed by atoms with Gasteiger partial charge in [-0.15, -0.1) is 0 Å². The molecule has 1 amide bonds. The lowest BCUT2D eigenvalue weighted by Crippen LogP contribution is -2.40. The normalized spacial score (nSPS) is 17.3. The monoisotopic (exact) mass is 393 g/mol. The van der Waals surface area contributed by atoms with E-state index in [-0.39, 0.29) is 5.56 Å². The highest BCUT2D eigenvalue weighted by Gasteiger charge is 2.41. The lowest BCUT2D eigenvalue weighted by Gasteiger charge is -2.33. The van der Waals surface area contributed by atoms with Gasteiger partial charge in [0.2, 0.25) is 5.91 Å². The molecule has 1 heterocycles. The number of carboxylic acid groups (broad SMARTS) is 1. The van der Waals surface area contributed by atoms with E-state index >= 15 is 0 Å². The molecule has 0 bridgehead atoms. The summed E-state index contributed by atoms with van der Waals surface area (Å²) in [5.74, 6) is -1.57. The van der Waals surface area contributed by atoms with Crippen molar-refractivity contribution in [3.63, 3.8) is 0 Å². The Kier molecular flexibility index (Phi) is 4.20. The van der Waals surface area contributed by atoms with Gasteiger partial charge in [-0.05, 0) is 30.3 Å². The summed E-state index contributed by atoms with van der Waals surface area (Å²) < 4.78 is 0. The van der Waals surface area contributed by atoms with Crippen LogP contribution in [-0.4, -0.2) is 17.0 Å². The maximum Gasteiger partial charge on any atom is 0.335 e. The number of nitrogens with one attached hydrogen (secondary N) is 2. The summed E-state index contributed by atoms with van der Waals surface area (Å²) in [4.78, 5) is 22.8. The number of anilines is 2. The highest BCUT2D eigenvalue weighted by Crippen LogP contribution is 2.45. The van der Waals surface area contributed by atoms with Crippen molar-refractivity contribution in [1.82, 2.24) is 0 Å². The molecule has 0 saturated heterocycles. The molecule has 6 nitrogen and oxygen atoms in total. The van der Waals surface area contributed by atoms with Crippen LogP contribution >= 0.6 is 11.6 Å². The van der Waals surface area contributed by atoms with Crippen molar-refractivity contribution in [2.75, 3.05) is 10.6 Å². The van der Waals surface area contributed by atoms with Crippen LogP contribution in [0.1, 0.15) is 31.8 Å². The molecule has 0 spiro atoms. The number of hydrogen-bond acceptors (Lipinski definition) is 4. The van der Waals surface area contributed by atoms with E-state index in [1.165, 1.54) is 12.1 Å². The average Bonchev–Trinajstić information content (AvgIpc) is 3.08. The number of aromatic carboxylic acids is 1. The van der Waals surface area contributed by atoms with Crippen molar-refractivity contribution < 1.29 is 14.7 Å². The SMILES string of the molecule is NC(=O)c1ccc(C2(c3ccccc3)Nc3ccc(C(=O)O)cc3N2)c(Cl)c1. The van der Waals surface area contributed by atoms with Crippen LogP contribution in [0.5, 0.6) is 0 Å². The second kappa shape index (κ2) is 6.58. The summed E-state index contributed by atoms with van der Waals surface area (Å²) in [7, 11) is 0. The van der Waals surface area contributed by atoms with Gasteiger partial charge < -0.3 is 21.5 Å². The summed E-state index contributed by atoms with van der Waals surface area (Å²) in [6.07, 6.45) is 0. The Hall–Kier alpha value is -3.51. The number of nitrogens with two attached hydrogens (primary N) is 1. The molecule has 140 valence electrons. The molecule has 1 aliphatic rings. The summed E-state index contributed by atoms with van der Waals surface area (Å²) >= 11 is 6.54. The zero-order chi connectivity index (χ0) is 19.9. The molecule has 3 aromatic carbocycles. The number of benzene rings is 3. The van der Waals surface area contributed by atoms with E-state index in [4.69, 9.17) is 17.3 Å². The van der Waals surface area contributed by atoms with E-state index in [1.54, 1.807) is 24.3 Å². The number of fused-ring (bicyclic) bond motifs is 1. The van der Waals surface area contributed by atoms with Gasteiger partial charge in [0.15, 0.2) is 5.66 Å². The second-order valence-electron chi connectivity index (χ2n) is 6.49. The molecule has 0 aliphatic carbocycles. The topological polar surface area (TPSA) is 104 Å². The average molecular weight is 394 g/mol. The number of rotatable bonds is 4. The predicted molar refractivity (Wildman–Crippen MR) is 108 cm³/mol. The van der Waals surface area contributed by atoms with Gasteiger partial charge in [-0.1, -0.05) is 48.0 Å². The minimum Gasteiger partial charge on any atom is -0.478 e. The van der Waals surface area contributed by atoms with Crippen molar-refractivity contribution in [2.45, 2.75) is 5.66 Å². The lowest BCUT2D eigenvalue weighted by molar-refractivity contribution is 0.0696. The van der Waals surface area contributed by atoms with Gasteiger partial charge in [-0.25, -0.2) is 4.79 Å². The van der Waals surface area contributed by atoms with E-state index in [9.17, 15) is 14.7 Å². The van der Waals surface area contributed by atoms with E-state index in [1.807, 2.05) is 30.3 Å². The molecule has 4 rings (SSSR count). The van der Waals surface area contributed by atoms with E-state index in [0.717, 1.165) is 11.3 Å². The molecule has 0 saturated carbocycles. The lowest BCUT2D eigenvalue weighted by atomic mass is 9.90. The highest BCUT2D eigenvalue weighted by molar-refractivity contribution is 6.32. The largest absolute Gasteiger partial charge is 0.478 e. The van der Waals surface area contributed by atoms with Gasteiger partial charge in [0.1, 0.15) is 0 Å². The third kappa shape index (κ3) is 2.84. The second-order valence-corrected chi connectivity index (χ2v) is 6.90. The number of halogens is 1. The molecule has 1 atom stereocenters. The zero-order valence-corrected chi connectivity index (χ0v) is 15.3. The molecule has 1 unspecified atom stereocenters. The fourth-order valence-corrected chi connectivity index (χ4v) is 3.74. The van der Waals surface area contributed by atoms with Crippen LogP contribution in [0.15, 0.2) is 66.7 Å². The molecule has 0 radical (unpaired) electrons. The summed E-state index contributed by atoms with van der Waals surface area (Å²) in [6.45, 7) is 0. The quantitative estimate of drug-likeness (QED) is 0.538. The Labute approximate surface area is 165 Å². The Bertz CT molecular complexity index is 1100. The smallest absolute Gasteiger partial charge is 0.335 e. The maximum atomic E-state index is 11.5. The fraction of sp³-hybridized carbons (Fsp3) is 0.0476. The Morgan fingerprint density at radius 2 is 1.57 bits per heavy atom. The first-order valence-electron chi connectivity index (χ1n) is 8.50. The number of carbonyl (C=O) groups excluding carboxylic acids is 1. The molecule has 28 heavy (non-hydrogen) atoms. The molecule has 0 aromatic heterocycles. The number of carbonyl (C=O) groups is 2. The van der Waals surface area contributed by atoms with Crippen LogP contribution < -0.4 is 16.4 Å². The molecule has 0 fully saturated rings. The van der Waals surface area contributed by atoms with Gasteiger partial charge in [0.05, 0.1) is 16.9 Å². The molecular weight excluding hydrogens is 378 g/mol.